The van der Waals surface area contributed by atoms with E-state index in [4.69, 9.17) is 0 Å². The number of benzene rings is 1. The molecule has 1 heterocycles. The number of halogens is 1. The summed E-state index contributed by atoms with van der Waals surface area (Å²) in [7, 11) is 1.90. The molecular weight excluding hydrogens is 284 g/mol. The summed E-state index contributed by atoms with van der Waals surface area (Å²) in [4.78, 5) is 2.02. The fourth-order valence-corrected chi connectivity index (χ4v) is 2.49. The van der Waals surface area contributed by atoms with Crippen LogP contribution in [0, 0.1) is 0 Å². The number of aliphatic hydroxyl groups is 2. The first-order chi connectivity index (χ1) is 8.11. The Morgan fingerprint density at radius 1 is 1.35 bits per heavy atom. The third kappa shape index (κ3) is 2.80. The number of nitrogens with one attached hydrogen (secondary N) is 1. The lowest BCUT2D eigenvalue weighted by molar-refractivity contribution is 0.0572. The fraction of sp³-hybridized carbons (Fsp3) is 0.500. The van der Waals surface area contributed by atoms with E-state index in [1.54, 1.807) is 0 Å². The number of hydrogen-bond donors (Lipinski definition) is 3. The lowest BCUT2D eigenvalue weighted by atomic mass is 10.1. The SMILES string of the molecule is CNCc1ccc(Br)cc1N1CC(O)C(O)C1. The summed E-state index contributed by atoms with van der Waals surface area (Å²) in [6.45, 7) is 1.73. The van der Waals surface area contributed by atoms with E-state index in [-0.39, 0.29) is 0 Å². The minimum absolute atomic E-state index is 0.480. The monoisotopic (exact) mass is 300 g/mol. The van der Waals surface area contributed by atoms with E-state index in [0.717, 1.165) is 22.3 Å². The minimum Gasteiger partial charge on any atom is -0.389 e. The average Bonchev–Trinajstić information content (AvgIpc) is 2.62. The Morgan fingerprint density at radius 3 is 2.59 bits per heavy atom. The van der Waals surface area contributed by atoms with Gasteiger partial charge in [-0.05, 0) is 24.7 Å². The Bertz CT molecular complexity index is 390. The summed E-state index contributed by atoms with van der Waals surface area (Å²) in [5, 5.41) is 22.3. The van der Waals surface area contributed by atoms with Gasteiger partial charge in [-0.25, -0.2) is 0 Å². The summed E-state index contributed by atoms with van der Waals surface area (Å²) in [5.74, 6) is 0. The van der Waals surface area contributed by atoms with Crippen molar-refractivity contribution in [1.82, 2.24) is 5.32 Å². The highest BCUT2D eigenvalue weighted by molar-refractivity contribution is 9.10. The summed E-state index contributed by atoms with van der Waals surface area (Å²) in [5.41, 5.74) is 2.22. The Balaban J connectivity index is 2.27. The van der Waals surface area contributed by atoms with Gasteiger partial charge in [-0.3, -0.25) is 0 Å². The van der Waals surface area contributed by atoms with Crippen LogP contribution in [-0.2, 0) is 6.54 Å². The van der Waals surface area contributed by atoms with Gasteiger partial charge in [-0.2, -0.15) is 0 Å². The summed E-state index contributed by atoms with van der Waals surface area (Å²) >= 11 is 3.45. The molecule has 2 atom stereocenters. The van der Waals surface area contributed by atoms with Crippen LogP contribution in [0.4, 0.5) is 5.69 Å². The van der Waals surface area contributed by atoms with Gasteiger partial charge in [-0.15, -0.1) is 0 Å². The van der Waals surface area contributed by atoms with E-state index in [2.05, 4.69) is 21.2 Å². The first kappa shape index (κ1) is 12.8. The van der Waals surface area contributed by atoms with Crippen LogP contribution >= 0.6 is 15.9 Å². The third-order valence-corrected chi connectivity index (χ3v) is 3.51. The van der Waals surface area contributed by atoms with Crippen molar-refractivity contribution in [3.63, 3.8) is 0 Å². The number of rotatable bonds is 3. The Labute approximate surface area is 109 Å². The molecule has 94 valence electrons. The smallest absolute Gasteiger partial charge is 0.0990 e. The van der Waals surface area contributed by atoms with Gasteiger partial charge in [-0.1, -0.05) is 22.0 Å². The molecule has 2 rings (SSSR count). The first-order valence-electron chi connectivity index (χ1n) is 5.66. The standard InChI is InChI=1S/C12H17BrN2O2/c1-14-5-8-2-3-9(13)4-10(8)15-6-11(16)12(17)7-15/h2-4,11-12,14,16-17H,5-7H2,1H3. The van der Waals surface area contributed by atoms with Gasteiger partial charge in [0.25, 0.3) is 0 Å². The molecule has 5 heteroatoms. The quantitative estimate of drug-likeness (QED) is 0.770. The number of aliphatic hydroxyl groups excluding tert-OH is 2. The van der Waals surface area contributed by atoms with Crippen molar-refractivity contribution in [2.24, 2.45) is 0 Å². The maximum atomic E-state index is 9.60. The third-order valence-electron chi connectivity index (χ3n) is 3.01. The fourth-order valence-electron chi connectivity index (χ4n) is 2.14. The van der Waals surface area contributed by atoms with Crippen LogP contribution in [0.1, 0.15) is 5.56 Å². The van der Waals surface area contributed by atoms with E-state index in [0.29, 0.717) is 13.1 Å². The highest BCUT2D eigenvalue weighted by Crippen LogP contribution is 2.28. The van der Waals surface area contributed by atoms with Crippen molar-refractivity contribution in [2.75, 3.05) is 25.0 Å². The van der Waals surface area contributed by atoms with Crippen molar-refractivity contribution < 1.29 is 10.2 Å². The molecule has 1 aliphatic rings. The second-order valence-electron chi connectivity index (χ2n) is 4.34. The van der Waals surface area contributed by atoms with E-state index in [1.165, 1.54) is 0 Å². The van der Waals surface area contributed by atoms with Crippen LogP contribution in [0.15, 0.2) is 22.7 Å². The molecule has 1 fully saturated rings. The molecule has 17 heavy (non-hydrogen) atoms. The largest absolute Gasteiger partial charge is 0.389 e. The number of hydrogen-bond acceptors (Lipinski definition) is 4. The lowest BCUT2D eigenvalue weighted by Gasteiger charge is -2.21. The topological polar surface area (TPSA) is 55.7 Å². The van der Waals surface area contributed by atoms with Crippen molar-refractivity contribution in [3.8, 4) is 0 Å². The van der Waals surface area contributed by atoms with Crippen LogP contribution in [0.5, 0.6) is 0 Å². The van der Waals surface area contributed by atoms with Crippen LogP contribution in [-0.4, -0.2) is 42.6 Å². The molecular formula is C12H17BrN2O2. The van der Waals surface area contributed by atoms with Gasteiger partial charge in [0, 0.05) is 29.8 Å². The van der Waals surface area contributed by atoms with Gasteiger partial charge in [0.2, 0.25) is 0 Å². The summed E-state index contributed by atoms with van der Waals surface area (Å²) < 4.78 is 1.00. The molecule has 2 unspecified atom stereocenters. The van der Waals surface area contributed by atoms with Crippen LogP contribution in [0.3, 0.4) is 0 Å². The maximum Gasteiger partial charge on any atom is 0.0990 e. The summed E-state index contributed by atoms with van der Waals surface area (Å²) in [6.07, 6.45) is -1.31. The molecule has 0 aromatic heterocycles. The number of nitrogens with zero attached hydrogens (tertiary/aromatic N) is 1. The van der Waals surface area contributed by atoms with Crippen molar-refractivity contribution in [3.05, 3.63) is 28.2 Å². The van der Waals surface area contributed by atoms with Crippen LogP contribution in [0.25, 0.3) is 0 Å². The highest BCUT2D eigenvalue weighted by atomic mass is 79.9. The second kappa shape index (κ2) is 5.35. The van der Waals surface area contributed by atoms with Crippen LogP contribution in [0.2, 0.25) is 0 Å². The first-order valence-corrected chi connectivity index (χ1v) is 6.45. The molecule has 0 bridgehead atoms. The Morgan fingerprint density at radius 2 is 2.00 bits per heavy atom. The van der Waals surface area contributed by atoms with E-state index < -0.39 is 12.2 Å². The zero-order valence-corrected chi connectivity index (χ0v) is 11.3. The molecule has 1 aromatic carbocycles. The summed E-state index contributed by atoms with van der Waals surface area (Å²) in [6, 6.07) is 6.07. The van der Waals surface area contributed by atoms with Crippen molar-refractivity contribution in [2.45, 2.75) is 18.8 Å². The molecule has 0 radical (unpaired) electrons. The molecule has 1 aromatic rings. The number of β-amino-alcohol motifs (C(OH)–C–C–N with tert-alkyl or cyclic N) is 2. The molecule has 3 N–H and O–H groups in total. The van der Waals surface area contributed by atoms with Crippen LogP contribution < -0.4 is 10.2 Å². The molecule has 0 aliphatic carbocycles. The van der Waals surface area contributed by atoms with Gasteiger partial charge in [0.1, 0.15) is 0 Å². The highest BCUT2D eigenvalue weighted by Gasteiger charge is 2.30. The predicted octanol–water partition coefficient (Wildman–Crippen LogP) is 0.710. The Kier molecular flexibility index (Phi) is 4.04. The van der Waals surface area contributed by atoms with E-state index >= 15 is 0 Å². The molecule has 1 saturated heterocycles. The molecule has 0 spiro atoms. The van der Waals surface area contributed by atoms with Gasteiger partial charge < -0.3 is 20.4 Å². The molecule has 1 aliphatic heterocycles. The second-order valence-corrected chi connectivity index (χ2v) is 5.26. The van der Waals surface area contributed by atoms with Gasteiger partial charge >= 0.3 is 0 Å². The average molecular weight is 301 g/mol. The molecule has 0 amide bonds. The Hall–Kier alpha value is -0.620. The number of anilines is 1. The van der Waals surface area contributed by atoms with Gasteiger partial charge in [0.15, 0.2) is 0 Å². The predicted molar refractivity (Wildman–Crippen MR) is 71.1 cm³/mol. The maximum absolute atomic E-state index is 9.60. The minimum atomic E-state index is -0.656. The van der Waals surface area contributed by atoms with Crippen molar-refractivity contribution >= 4 is 21.6 Å². The normalized spacial score (nSPS) is 24.4. The van der Waals surface area contributed by atoms with Gasteiger partial charge in [0.05, 0.1) is 12.2 Å². The molecule has 4 nitrogen and oxygen atoms in total. The lowest BCUT2D eigenvalue weighted by Crippen LogP contribution is -2.23. The zero-order chi connectivity index (χ0) is 12.4. The van der Waals surface area contributed by atoms with E-state index in [9.17, 15) is 10.2 Å². The molecule has 0 saturated carbocycles. The van der Waals surface area contributed by atoms with E-state index in [1.807, 2.05) is 30.1 Å². The zero-order valence-electron chi connectivity index (χ0n) is 9.73. The van der Waals surface area contributed by atoms with Crippen molar-refractivity contribution in [1.29, 1.82) is 0 Å².